The van der Waals surface area contributed by atoms with Gasteiger partial charge in [-0.15, -0.1) is 0 Å². The van der Waals surface area contributed by atoms with E-state index in [-0.39, 0.29) is 13.2 Å². The van der Waals surface area contributed by atoms with Crippen LogP contribution < -0.4 is 0 Å². The van der Waals surface area contributed by atoms with E-state index >= 15 is 0 Å². The summed E-state index contributed by atoms with van der Waals surface area (Å²) in [5.41, 5.74) is 0. The number of aliphatic hydroxyl groups excluding tert-OH is 3. The molecule has 4 atom stereocenters. The summed E-state index contributed by atoms with van der Waals surface area (Å²) in [4.78, 5) is 0. The number of ether oxygens (including phenoxy) is 2. The van der Waals surface area contributed by atoms with E-state index in [2.05, 4.69) is 19.1 Å². The van der Waals surface area contributed by atoms with Crippen molar-refractivity contribution in [3.05, 3.63) is 12.2 Å². The van der Waals surface area contributed by atoms with Gasteiger partial charge in [-0.05, 0) is 25.7 Å². The minimum absolute atomic E-state index is 0.214. The van der Waals surface area contributed by atoms with Crippen LogP contribution in [0.1, 0.15) is 45.4 Å². The van der Waals surface area contributed by atoms with Gasteiger partial charge in [0.1, 0.15) is 24.4 Å². The second-order valence-corrected chi connectivity index (χ2v) is 5.53. The van der Waals surface area contributed by atoms with Crippen molar-refractivity contribution in [1.82, 2.24) is 0 Å². The molecule has 0 unspecified atom stereocenters. The summed E-state index contributed by atoms with van der Waals surface area (Å²) in [7, 11) is 0. The quantitative estimate of drug-likeness (QED) is 0.420. The lowest BCUT2D eigenvalue weighted by molar-refractivity contribution is -0.208. The van der Waals surface area contributed by atoms with Crippen LogP contribution in [0.2, 0.25) is 0 Å². The first kappa shape index (κ1) is 18.6. The summed E-state index contributed by atoms with van der Waals surface area (Å²) in [6, 6.07) is 0. The van der Waals surface area contributed by atoms with Gasteiger partial charge in [-0.3, -0.25) is 0 Å². The molecule has 124 valence electrons. The van der Waals surface area contributed by atoms with Crippen molar-refractivity contribution in [2.24, 2.45) is 0 Å². The topological polar surface area (TPSA) is 79.2 Å². The highest BCUT2D eigenvalue weighted by molar-refractivity contribution is 4.87. The Kier molecular flexibility index (Phi) is 9.87. The molecule has 0 aromatic heterocycles. The number of aliphatic hydroxyl groups is 3. The van der Waals surface area contributed by atoms with Crippen molar-refractivity contribution in [2.45, 2.75) is 69.9 Å². The predicted molar refractivity (Wildman–Crippen MR) is 81.1 cm³/mol. The van der Waals surface area contributed by atoms with E-state index in [1.165, 1.54) is 12.8 Å². The maximum Gasteiger partial charge on any atom is 0.111 e. The lowest BCUT2D eigenvalue weighted by Gasteiger charge is -2.36. The van der Waals surface area contributed by atoms with Crippen LogP contribution in [0.5, 0.6) is 0 Å². The monoisotopic (exact) mass is 302 g/mol. The first-order valence-corrected chi connectivity index (χ1v) is 8.05. The minimum atomic E-state index is -1.08. The third kappa shape index (κ3) is 6.89. The Hall–Kier alpha value is -0.460. The Balaban J connectivity index is 2.04. The average molecular weight is 302 g/mol. The van der Waals surface area contributed by atoms with Gasteiger partial charge in [0.2, 0.25) is 0 Å². The number of hydrogen-bond acceptors (Lipinski definition) is 5. The van der Waals surface area contributed by atoms with E-state index in [1.54, 1.807) is 0 Å². The van der Waals surface area contributed by atoms with Crippen LogP contribution >= 0.6 is 0 Å². The van der Waals surface area contributed by atoms with E-state index in [1.807, 2.05) is 0 Å². The number of unbranched alkanes of at least 4 members (excludes halogenated alkanes) is 4. The van der Waals surface area contributed by atoms with Crippen LogP contribution in [0.25, 0.3) is 0 Å². The van der Waals surface area contributed by atoms with E-state index in [4.69, 9.17) is 14.6 Å². The molecule has 0 aliphatic carbocycles. The van der Waals surface area contributed by atoms with Crippen LogP contribution in [-0.2, 0) is 9.47 Å². The minimum Gasteiger partial charge on any atom is -0.394 e. The zero-order chi connectivity index (χ0) is 15.5. The summed E-state index contributed by atoms with van der Waals surface area (Å²) < 4.78 is 10.8. The fourth-order valence-corrected chi connectivity index (χ4v) is 2.40. The molecule has 0 aromatic rings. The summed E-state index contributed by atoms with van der Waals surface area (Å²) in [6.45, 7) is 2.62. The predicted octanol–water partition coefficient (Wildman–Crippen LogP) is 1.40. The third-order valence-electron chi connectivity index (χ3n) is 3.77. The molecule has 1 aliphatic heterocycles. The van der Waals surface area contributed by atoms with Crippen LogP contribution in [-0.4, -0.2) is 59.6 Å². The van der Waals surface area contributed by atoms with Crippen molar-refractivity contribution in [1.29, 1.82) is 0 Å². The summed E-state index contributed by atoms with van der Waals surface area (Å²) in [5.74, 6) is 0. The molecule has 3 N–H and O–H groups in total. The van der Waals surface area contributed by atoms with E-state index in [0.717, 1.165) is 25.7 Å². The maximum absolute atomic E-state index is 9.89. The second kappa shape index (κ2) is 11.2. The van der Waals surface area contributed by atoms with Gasteiger partial charge in [0.25, 0.3) is 0 Å². The Morgan fingerprint density at radius 1 is 1.10 bits per heavy atom. The van der Waals surface area contributed by atoms with E-state index < -0.39 is 24.4 Å². The van der Waals surface area contributed by atoms with Crippen molar-refractivity contribution in [3.63, 3.8) is 0 Å². The second-order valence-electron chi connectivity index (χ2n) is 5.53. The van der Waals surface area contributed by atoms with Gasteiger partial charge in [-0.25, -0.2) is 0 Å². The van der Waals surface area contributed by atoms with Crippen LogP contribution in [0, 0.1) is 0 Å². The molecule has 21 heavy (non-hydrogen) atoms. The van der Waals surface area contributed by atoms with Crippen molar-refractivity contribution in [2.75, 3.05) is 19.8 Å². The lowest BCUT2D eigenvalue weighted by Crippen LogP contribution is -2.55. The van der Waals surface area contributed by atoms with Gasteiger partial charge in [0.05, 0.1) is 13.2 Å². The van der Waals surface area contributed by atoms with Crippen LogP contribution in [0.3, 0.4) is 0 Å². The molecule has 0 aromatic carbocycles. The number of rotatable bonds is 10. The molecule has 0 bridgehead atoms. The maximum atomic E-state index is 9.89. The molecule has 1 saturated heterocycles. The Morgan fingerprint density at radius 2 is 1.86 bits per heavy atom. The molecule has 0 amide bonds. The fraction of sp³-hybridized carbons (Fsp3) is 0.875. The Morgan fingerprint density at radius 3 is 2.57 bits per heavy atom. The normalized spacial score (nSPS) is 30.1. The third-order valence-corrected chi connectivity index (χ3v) is 3.77. The molecule has 0 spiro atoms. The molecule has 0 saturated carbocycles. The Labute approximate surface area is 127 Å². The van der Waals surface area contributed by atoms with E-state index in [0.29, 0.717) is 6.61 Å². The first-order valence-electron chi connectivity index (χ1n) is 8.05. The van der Waals surface area contributed by atoms with Gasteiger partial charge in [0.15, 0.2) is 0 Å². The highest BCUT2D eigenvalue weighted by Crippen LogP contribution is 2.18. The van der Waals surface area contributed by atoms with Crippen LogP contribution in [0.15, 0.2) is 12.2 Å². The molecule has 0 radical (unpaired) electrons. The summed E-state index contributed by atoms with van der Waals surface area (Å²) >= 11 is 0. The van der Waals surface area contributed by atoms with Gasteiger partial charge in [-0.1, -0.05) is 31.9 Å². The first-order chi connectivity index (χ1) is 10.2. The Bertz CT molecular complexity index is 282. The van der Waals surface area contributed by atoms with Gasteiger partial charge in [-0.2, -0.15) is 0 Å². The molecular weight excluding hydrogens is 272 g/mol. The summed E-state index contributed by atoms with van der Waals surface area (Å²) in [5, 5.41) is 28.6. The number of hydrogen-bond donors (Lipinski definition) is 3. The standard InChI is InChI=1S/C16H30O5/c1-2-3-4-5-6-7-8-9-10-20-14-12-21-13(11-17)15(18)16(14)19/h3-4,13-19H,2,5-12H2,1H3/b4-3+/t13-,14+,15-,16-/m0/s1. The molecule has 1 rings (SSSR count). The van der Waals surface area contributed by atoms with Crippen molar-refractivity contribution < 1.29 is 24.8 Å². The average Bonchev–Trinajstić information content (AvgIpc) is 2.50. The van der Waals surface area contributed by atoms with Crippen molar-refractivity contribution >= 4 is 0 Å². The summed E-state index contributed by atoms with van der Waals surface area (Å²) in [6.07, 6.45) is 7.79. The van der Waals surface area contributed by atoms with Gasteiger partial charge < -0.3 is 24.8 Å². The molecule has 1 heterocycles. The zero-order valence-electron chi connectivity index (χ0n) is 13.0. The van der Waals surface area contributed by atoms with E-state index in [9.17, 15) is 10.2 Å². The van der Waals surface area contributed by atoms with Gasteiger partial charge >= 0.3 is 0 Å². The van der Waals surface area contributed by atoms with Crippen molar-refractivity contribution in [3.8, 4) is 0 Å². The number of allylic oxidation sites excluding steroid dienone is 2. The van der Waals surface area contributed by atoms with Crippen LogP contribution in [0.4, 0.5) is 0 Å². The smallest absolute Gasteiger partial charge is 0.111 e. The molecule has 5 nitrogen and oxygen atoms in total. The molecule has 1 fully saturated rings. The van der Waals surface area contributed by atoms with Gasteiger partial charge in [0, 0.05) is 6.61 Å². The highest BCUT2D eigenvalue weighted by Gasteiger charge is 2.38. The fourth-order valence-electron chi connectivity index (χ4n) is 2.40. The largest absolute Gasteiger partial charge is 0.394 e. The molecule has 5 heteroatoms. The molecule has 1 aliphatic rings. The lowest BCUT2D eigenvalue weighted by atomic mass is 10.0. The highest BCUT2D eigenvalue weighted by atomic mass is 16.6. The SMILES string of the molecule is CC/C=C/CCCCCCO[C@@H]1CO[C@@H](CO)[C@H](O)[C@H]1O. The zero-order valence-corrected chi connectivity index (χ0v) is 13.0. The molecular formula is C16H30O5.